The van der Waals surface area contributed by atoms with Crippen LogP contribution in [0, 0.1) is 5.92 Å². The second-order valence-corrected chi connectivity index (χ2v) is 8.70. The molecule has 6 heteroatoms. The summed E-state index contributed by atoms with van der Waals surface area (Å²) in [6.07, 6.45) is 3.92. The highest BCUT2D eigenvalue weighted by atomic mass is 32.1. The number of fused-ring (bicyclic) bond motifs is 1. The third-order valence-corrected chi connectivity index (χ3v) is 6.30. The standard InChI is InChI=1S/C20H30N4OS/c1-23(2)16-11-10-15(13-24(3)14-16)20(25)21-12-6-9-19-22-17-7-4-5-8-18(17)26-19/h4-5,7-8,15-16H,6,9-14H2,1-3H3,(H,21,25)/t15-,16+/m1/s1. The summed E-state index contributed by atoms with van der Waals surface area (Å²) in [7, 11) is 6.37. The van der Waals surface area contributed by atoms with Crippen LogP contribution in [0.15, 0.2) is 24.3 Å². The molecular weight excluding hydrogens is 344 g/mol. The van der Waals surface area contributed by atoms with Crippen molar-refractivity contribution in [1.82, 2.24) is 20.1 Å². The lowest BCUT2D eigenvalue weighted by atomic mass is 10.0. The van der Waals surface area contributed by atoms with E-state index in [1.807, 2.05) is 6.07 Å². The van der Waals surface area contributed by atoms with Gasteiger partial charge in [-0.2, -0.15) is 0 Å². The average Bonchev–Trinajstić information content (AvgIpc) is 2.92. The first kappa shape index (κ1) is 19.3. The summed E-state index contributed by atoms with van der Waals surface area (Å²) in [4.78, 5) is 21.8. The Morgan fingerprint density at radius 3 is 2.88 bits per heavy atom. The van der Waals surface area contributed by atoms with Gasteiger partial charge < -0.3 is 15.1 Å². The van der Waals surface area contributed by atoms with E-state index >= 15 is 0 Å². The van der Waals surface area contributed by atoms with Gasteiger partial charge in [0.2, 0.25) is 5.91 Å². The van der Waals surface area contributed by atoms with Gasteiger partial charge in [-0.3, -0.25) is 4.79 Å². The van der Waals surface area contributed by atoms with Crippen LogP contribution in [0.3, 0.4) is 0 Å². The lowest BCUT2D eigenvalue weighted by molar-refractivity contribution is -0.125. The van der Waals surface area contributed by atoms with E-state index in [2.05, 4.69) is 59.4 Å². The summed E-state index contributed by atoms with van der Waals surface area (Å²) in [5.74, 6) is 0.313. The Hall–Kier alpha value is -1.50. The quantitative estimate of drug-likeness (QED) is 0.790. The topological polar surface area (TPSA) is 48.5 Å². The molecule has 0 spiro atoms. The maximum Gasteiger partial charge on any atom is 0.224 e. The van der Waals surface area contributed by atoms with Gasteiger partial charge in [-0.05, 0) is 52.5 Å². The summed E-state index contributed by atoms with van der Waals surface area (Å²) in [5, 5.41) is 4.30. The number of nitrogens with zero attached hydrogens (tertiary/aromatic N) is 3. The minimum Gasteiger partial charge on any atom is -0.356 e. The number of rotatable bonds is 6. The predicted molar refractivity (Wildman–Crippen MR) is 109 cm³/mol. The number of likely N-dealkylation sites (N-methyl/N-ethyl adjacent to an activating group) is 2. The van der Waals surface area contributed by atoms with Crippen LogP contribution in [-0.2, 0) is 11.2 Å². The average molecular weight is 375 g/mol. The zero-order chi connectivity index (χ0) is 18.5. The Kier molecular flexibility index (Phi) is 6.62. The van der Waals surface area contributed by atoms with Crippen LogP contribution in [0.1, 0.15) is 24.3 Å². The van der Waals surface area contributed by atoms with Gasteiger partial charge in [0.25, 0.3) is 0 Å². The van der Waals surface area contributed by atoms with Gasteiger partial charge >= 0.3 is 0 Å². The molecule has 1 saturated heterocycles. The molecule has 1 amide bonds. The molecular formula is C20H30N4OS. The van der Waals surface area contributed by atoms with E-state index in [1.54, 1.807) is 11.3 Å². The van der Waals surface area contributed by atoms with E-state index in [0.717, 1.165) is 55.8 Å². The summed E-state index contributed by atoms with van der Waals surface area (Å²) < 4.78 is 1.24. The zero-order valence-corrected chi connectivity index (χ0v) is 16.9. The molecule has 1 aromatic heterocycles. The van der Waals surface area contributed by atoms with Crippen LogP contribution in [0.2, 0.25) is 0 Å². The van der Waals surface area contributed by atoms with Crippen LogP contribution in [0.5, 0.6) is 0 Å². The molecule has 0 radical (unpaired) electrons. The van der Waals surface area contributed by atoms with Gasteiger partial charge in [0.1, 0.15) is 0 Å². The van der Waals surface area contributed by atoms with Crippen molar-refractivity contribution < 1.29 is 4.79 Å². The molecule has 26 heavy (non-hydrogen) atoms. The van der Waals surface area contributed by atoms with E-state index < -0.39 is 0 Å². The first-order valence-electron chi connectivity index (χ1n) is 9.50. The van der Waals surface area contributed by atoms with E-state index in [9.17, 15) is 4.79 Å². The highest BCUT2D eigenvalue weighted by Crippen LogP contribution is 2.22. The number of aryl methyl sites for hydroxylation is 1. The Bertz CT molecular complexity index is 696. The van der Waals surface area contributed by atoms with E-state index in [0.29, 0.717) is 6.04 Å². The third-order valence-electron chi connectivity index (χ3n) is 5.21. The molecule has 142 valence electrons. The lowest BCUT2D eigenvalue weighted by Crippen LogP contribution is -2.39. The number of thiazole rings is 1. The molecule has 1 aliphatic rings. The van der Waals surface area contributed by atoms with E-state index in [4.69, 9.17) is 0 Å². The maximum absolute atomic E-state index is 12.6. The molecule has 2 heterocycles. The highest BCUT2D eigenvalue weighted by molar-refractivity contribution is 7.18. The molecule has 2 aromatic rings. The van der Waals surface area contributed by atoms with Crippen LogP contribution in [0.4, 0.5) is 0 Å². The molecule has 1 fully saturated rings. The summed E-state index contributed by atoms with van der Waals surface area (Å²) >= 11 is 1.75. The minimum absolute atomic E-state index is 0.104. The van der Waals surface area contributed by atoms with Crippen LogP contribution >= 0.6 is 11.3 Å². The maximum atomic E-state index is 12.6. The molecule has 2 atom stereocenters. The van der Waals surface area contributed by atoms with Gasteiger partial charge in [0, 0.05) is 32.1 Å². The number of hydrogen-bond acceptors (Lipinski definition) is 5. The summed E-state index contributed by atoms with van der Waals surface area (Å²) in [6, 6.07) is 8.78. The van der Waals surface area contributed by atoms with Crippen molar-refractivity contribution in [3.8, 4) is 0 Å². The molecule has 1 aromatic carbocycles. The van der Waals surface area contributed by atoms with Crippen molar-refractivity contribution >= 4 is 27.5 Å². The Balaban J connectivity index is 1.43. The number of aromatic nitrogens is 1. The van der Waals surface area contributed by atoms with Crippen LogP contribution in [0.25, 0.3) is 10.2 Å². The van der Waals surface area contributed by atoms with Crippen molar-refractivity contribution in [1.29, 1.82) is 0 Å². The number of hydrogen-bond donors (Lipinski definition) is 1. The Labute approximate surface area is 160 Å². The van der Waals surface area contributed by atoms with Crippen molar-refractivity contribution in [3.63, 3.8) is 0 Å². The van der Waals surface area contributed by atoms with Crippen molar-refractivity contribution in [3.05, 3.63) is 29.3 Å². The molecule has 0 unspecified atom stereocenters. The third kappa shape index (κ3) is 5.02. The van der Waals surface area contributed by atoms with Crippen LogP contribution < -0.4 is 5.32 Å². The number of carbonyl (C=O) groups excluding carboxylic acids is 1. The largest absolute Gasteiger partial charge is 0.356 e. The normalized spacial score (nSPS) is 21.8. The number of benzene rings is 1. The first-order chi connectivity index (χ1) is 12.5. The number of carbonyl (C=O) groups is 1. The van der Waals surface area contributed by atoms with Crippen LogP contribution in [-0.4, -0.2) is 67.5 Å². The fourth-order valence-electron chi connectivity index (χ4n) is 3.64. The molecule has 5 nitrogen and oxygen atoms in total. The molecule has 3 rings (SSSR count). The molecule has 1 aliphatic heterocycles. The van der Waals surface area contributed by atoms with Gasteiger partial charge in [0.15, 0.2) is 0 Å². The van der Waals surface area contributed by atoms with E-state index in [-0.39, 0.29) is 11.8 Å². The van der Waals surface area contributed by atoms with Gasteiger partial charge in [0.05, 0.1) is 21.1 Å². The predicted octanol–water partition coefficient (Wildman–Crippen LogP) is 2.62. The smallest absolute Gasteiger partial charge is 0.224 e. The molecule has 0 saturated carbocycles. The lowest BCUT2D eigenvalue weighted by Gasteiger charge is -2.25. The molecule has 1 N–H and O–H groups in total. The van der Waals surface area contributed by atoms with Crippen molar-refractivity contribution in [2.24, 2.45) is 5.92 Å². The first-order valence-corrected chi connectivity index (χ1v) is 10.3. The number of para-hydroxylation sites is 1. The highest BCUT2D eigenvalue weighted by Gasteiger charge is 2.27. The van der Waals surface area contributed by atoms with Gasteiger partial charge in [-0.25, -0.2) is 4.98 Å². The van der Waals surface area contributed by atoms with Crippen molar-refractivity contribution in [2.45, 2.75) is 31.7 Å². The Morgan fingerprint density at radius 1 is 1.31 bits per heavy atom. The number of nitrogens with one attached hydrogen (secondary N) is 1. The monoisotopic (exact) mass is 374 g/mol. The second kappa shape index (κ2) is 8.93. The fourth-order valence-corrected chi connectivity index (χ4v) is 4.65. The Morgan fingerprint density at radius 2 is 2.12 bits per heavy atom. The number of amides is 1. The zero-order valence-electron chi connectivity index (χ0n) is 16.1. The fraction of sp³-hybridized carbons (Fsp3) is 0.600. The van der Waals surface area contributed by atoms with Gasteiger partial charge in [-0.15, -0.1) is 11.3 Å². The molecule has 0 aliphatic carbocycles. The minimum atomic E-state index is 0.104. The molecule has 0 bridgehead atoms. The SMILES string of the molecule is CN1C[C@H](C(=O)NCCCc2nc3ccccc3s2)CC[C@H](N(C)C)C1. The second-order valence-electron chi connectivity index (χ2n) is 7.58. The van der Waals surface area contributed by atoms with Gasteiger partial charge in [-0.1, -0.05) is 12.1 Å². The summed E-state index contributed by atoms with van der Waals surface area (Å²) in [6.45, 7) is 2.62. The summed E-state index contributed by atoms with van der Waals surface area (Å²) in [5.41, 5.74) is 1.08. The van der Waals surface area contributed by atoms with E-state index in [1.165, 1.54) is 4.70 Å². The van der Waals surface area contributed by atoms with Crippen molar-refractivity contribution in [2.75, 3.05) is 40.8 Å². The number of likely N-dealkylation sites (tertiary alicyclic amines) is 1.